The van der Waals surface area contributed by atoms with Crippen LogP contribution in [0.3, 0.4) is 0 Å². The Morgan fingerprint density at radius 3 is 2.89 bits per heavy atom. The average Bonchev–Trinajstić information content (AvgIpc) is 2.92. The van der Waals surface area contributed by atoms with Crippen molar-refractivity contribution in [3.63, 3.8) is 0 Å². The van der Waals surface area contributed by atoms with E-state index in [0.717, 1.165) is 30.0 Å². The van der Waals surface area contributed by atoms with Gasteiger partial charge >= 0.3 is 0 Å². The summed E-state index contributed by atoms with van der Waals surface area (Å²) in [5, 5.41) is 3.31. The van der Waals surface area contributed by atoms with Crippen LogP contribution >= 0.6 is 11.8 Å². The first-order valence-electron chi connectivity index (χ1n) is 6.97. The van der Waals surface area contributed by atoms with E-state index in [1.54, 1.807) is 6.07 Å². The second-order valence-corrected chi connectivity index (χ2v) is 6.27. The van der Waals surface area contributed by atoms with Gasteiger partial charge in [-0.25, -0.2) is 4.39 Å². The third-order valence-corrected chi connectivity index (χ3v) is 4.96. The lowest BCUT2D eigenvalue weighted by atomic mass is 10.1. The summed E-state index contributed by atoms with van der Waals surface area (Å²) in [7, 11) is 2.00. The monoisotopic (exact) mass is 282 g/mol. The highest BCUT2D eigenvalue weighted by atomic mass is 32.2. The number of rotatable bonds is 5. The van der Waals surface area contributed by atoms with E-state index in [0.29, 0.717) is 6.04 Å². The largest absolute Gasteiger partial charge is 0.368 e. The standard InChI is InChI=1S/C15H23FN2S/c1-4-17-11(2)12-5-6-15(14(16)9-12)18(3)13-7-8-19-10-13/h5-6,9,11,13,17H,4,7-8,10H2,1-3H3. The van der Waals surface area contributed by atoms with E-state index >= 15 is 0 Å². The maximum Gasteiger partial charge on any atom is 0.146 e. The Kier molecular flexibility index (Phi) is 5.11. The van der Waals surface area contributed by atoms with E-state index in [1.807, 2.05) is 30.9 Å². The Morgan fingerprint density at radius 2 is 2.32 bits per heavy atom. The van der Waals surface area contributed by atoms with E-state index in [1.165, 1.54) is 5.75 Å². The fraction of sp³-hybridized carbons (Fsp3) is 0.600. The van der Waals surface area contributed by atoms with Crippen molar-refractivity contribution >= 4 is 17.4 Å². The molecule has 1 fully saturated rings. The minimum Gasteiger partial charge on any atom is -0.368 e. The molecule has 1 aliphatic heterocycles. The molecule has 0 aromatic heterocycles. The molecule has 1 aromatic rings. The molecule has 2 nitrogen and oxygen atoms in total. The highest BCUT2D eigenvalue weighted by molar-refractivity contribution is 7.99. The number of hydrogen-bond donors (Lipinski definition) is 1. The van der Waals surface area contributed by atoms with Crippen LogP contribution in [0.25, 0.3) is 0 Å². The SMILES string of the molecule is CCNC(C)c1ccc(N(C)C2CCSC2)c(F)c1. The Morgan fingerprint density at radius 1 is 1.53 bits per heavy atom. The Labute approximate surface area is 119 Å². The molecule has 106 valence electrons. The summed E-state index contributed by atoms with van der Waals surface area (Å²) in [6, 6.07) is 6.28. The molecule has 0 spiro atoms. The molecule has 2 rings (SSSR count). The summed E-state index contributed by atoms with van der Waals surface area (Å²) < 4.78 is 14.3. The van der Waals surface area contributed by atoms with E-state index in [2.05, 4.69) is 24.1 Å². The number of hydrogen-bond acceptors (Lipinski definition) is 3. The van der Waals surface area contributed by atoms with Crippen LogP contribution in [0.2, 0.25) is 0 Å². The summed E-state index contributed by atoms with van der Waals surface area (Å²) in [6.07, 6.45) is 1.15. The van der Waals surface area contributed by atoms with Crippen LogP contribution in [0.4, 0.5) is 10.1 Å². The molecule has 1 aliphatic rings. The van der Waals surface area contributed by atoms with Gasteiger partial charge in [0.2, 0.25) is 0 Å². The van der Waals surface area contributed by atoms with Gasteiger partial charge in [0, 0.05) is 24.9 Å². The predicted molar refractivity (Wildman–Crippen MR) is 82.6 cm³/mol. The minimum absolute atomic E-state index is 0.110. The van der Waals surface area contributed by atoms with Crippen LogP contribution < -0.4 is 10.2 Å². The van der Waals surface area contributed by atoms with Crippen LogP contribution in [0.5, 0.6) is 0 Å². The second-order valence-electron chi connectivity index (χ2n) is 5.12. The van der Waals surface area contributed by atoms with Gasteiger partial charge in [-0.1, -0.05) is 13.0 Å². The topological polar surface area (TPSA) is 15.3 Å². The molecule has 19 heavy (non-hydrogen) atoms. The average molecular weight is 282 g/mol. The van der Waals surface area contributed by atoms with E-state index in [9.17, 15) is 4.39 Å². The maximum atomic E-state index is 14.3. The van der Waals surface area contributed by atoms with Crippen LogP contribution in [0.15, 0.2) is 18.2 Å². The molecule has 1 aromatic carbocycles. The van der Waals surface area contributed by atoms with Crippen molar-refractivity contribution in [2.45, 2.75) is 32.4 Å². The molecule has 1 N–H and O–H groups in total. The fourth-order valence-electron chi connectivity index (χ4n) is 2.53. The molecule has 2 atom stereocenters. The van der Waals surface area contributed by atoms with Gasteiger partial charge in [0.15, 0.2) is 0 Å². The molecule has 0 radical (unpaired) electrons. The number of halogens is 1. The fourth-order valence-corrected chi connectivity index (χ4v) is 3.79. The first-order chi connectivity index (χ1) is 9.13. The molecule has 0 saturated carbocycles. The molecule has 0 amide bonds. The zero-order valence-corrected chi connectivity index (χ0v) is 12.8. The lowest BCUT2D eigenvalue weighted by Crippen LogP contribution is -2.32. The minimum atomic E-state index is -0.110. The lowest BCUT2D eigenvalue weighted by molar-refractivity contribution is 0.577. The molecule has 0 bridgehead atoms. The highest BCUT2D eigenvalue weighted by Crippen LogP contribution is 2.29. The van der Waals surface area contributed by atoms with Crippen molar-refractivity contribution in [1.29, 1.82) is 0 Å². The molecule has 2 unspecified atom stereocenters. The summed E-state index contributed by atoms with van der Waals surface area (Å²) in [6.45, 7) is 5.02. The first kappa shape index (κ1) is 14.7. The summed E-state index contributed by atoms with van der Waals surface area (Å²) in [4.78, 5) is 2.09. The summed E-state index contributed by atoms with van der Waals surface area (Å²) >= 11 is 1.95. The summed E-state index contributed by atoms with van der Waals surface area (Å²) in [5.74, 6) is 2.18. The van der Waals surface area contributed by atoms with Crippen molar-refractivity contribution in [1.82, 2.24) is 5.32 Å². The molecular weight excluding hydrogens is 259 g/mol. The van der Waals surface area contributed by atoms with Gasteiger partial charge in [0.25, 0.3) is 0 Å². The number of benzene rings is 1. The van der Waals surface area contributed by atoms with E-state index < -0.39 is 0 Å². The van der Waals surface area contributed by atoms with E-state index in [4.69, 9.17) is 0 Å². The number of nitrogens with zero attached hydrogens (tertiary/aromatic N) is 1. The Bertz CT molecular complexity index is 419. The molecular formula is C15H23FN2S. The third kappa shape index (κ3) is 3.42. The van der Waals surface area contributed by atoms with Gasteiger partial charge in [-0.3, -0.25) is 0 Å². The van der Waals surface area contributed by atoms with Gasteiger partial charge < -0.3 is 10.2 Å². The number of nitrogens with one attached hydrogen (secondary N) is 1. The maximum absolute atomic E-state index is 14.3. The molecule has 1 saturated heterocycles. The zero-order chi connectivity index (χ0) is 13.8. The lowest BCUT2D eigenvalue weighted by Gasteiger charge is -2.27. The van der Waals surface area contributed by atoms with E-state index in [-0.39, 0.29) is 11.9 Å². The van der Waals surface area contributed by atoms with Crippen LogP contribution in [-0.2, 0) is 0 Å². The van der Waals surface area contributed by atoms with Crippen LogP contribution in [0.1, 0.15) is 31.9 Å². The highest BCUT2D eigenvalue weighted by Gasteiger charge is 2.22. The molecule has 4 heteroatoms. The normalized spacial score (nSPS) is 20.5. The van der Waals surface area contributed by atoms with Crippen molar-refractivity contribution in [2.24, 2.45) is 0 Å². The van der Waals surface area contributed by atoms with Crippen LogP contribution in [0, 0.1) is 5.82 Å². The van der Waals surface area contributed by atoms with Gasteiger partial charge in [-0.05, 0) is 43.3 Å². The molecule has 1 heterocycles. The van der Waals surface area contributed by atoms with Crippen LogP contribution in [-0.4, -0.2) is 31.1 Å². The Balaban J connectivity index is 2.14. The zero-order valence-electron chi connectivity index (χ0n) is 11.9. The number of thioether (sulfide) groups is 1. The first-order valence-corrected chi connectivity index (χ1v) is 8.12. The number of anilines is 1. The quantitative estimate of drug-likeness (QED) is 0.890. The van der Waals surface area contributed by atoms with Crippen molar-refractivity contribution in [3.05, 3.63) is 29.6 Å². The van der Waals surface area contributed by atoms with Gasteiger partial charge in [-0.2, -0.15) is 11.8 Å². The van der Waals surface area contributed by atoms with Crippen molar-refractivity contribution < 1.29 is 4.39 Å². The second kappa shape index (κ2) is 6.62. The smallest absolute Gasteiger partial charge is 0.146 e. The summed E-state index contributed by atoms with van der Waals surface area (Å²) in [5.41, 5.74) is 1.73. The van der Waals surface area contributed by atoms with Gasteiger partial charge in [0.1, 0.15) is 5.82 Å². The van der Waals surface area contributed by atoms with Crippen molar-refractivity contribution in [2.75, 3.05) is 30.0 Å². The van der Waals surface area contributed by atoms with Gasteiger partial charge in [-0.15, -0.1) is 0 Å². The third-order valence-electron chi connectivity index (χ3n) is 3.82. The predicted octanol–water partition coefficient (Wildman–Crippen LogP) is 3.44. The van der Waals surface area contributed by atoms with Gasteiger partial charge in [0.05, 0.1) is 5.69 Å². The molecule has 0 aliphatic carbocycles. The Hall–Kier alpha value is -0.740. The van der Waals surface area contributed by atoms with Crippen molar-refractivity contribution in [3.8, 4) is 0 Å².